The number of nitrogens with zero attached hydrogens (tertiary/aromatic N) is 2. The number of anilines is 1. The summed E-state index contributed by atoms with van der Waals surface area (Å²) in [4.78, 5) is 11.2. The lowest BCUT2D eigenvalue weighted by Gasteiger charge is -2.38. The van der Waals surface area contributed by atoms with Gasteiger partial charge in [-0.15, -0.1) is 4.91 Å². The van der Waals surface area contributed by atoms with Gasteiger partial charge in [-0.25, -0.2) is 5.01 Å². The highest BCUT2D eigenvalue weighted by atomic mass is 79.9. The average molecular weight is 418 g/mol. The quantitative estimate of drug-likeness (QED) is 0.724. The zero-order valence-electron chi connectivity index (χ0n) is 11.6. The molecule has 1 saturated carbocycles. The van der Waals surface area contributed by atoms with Gasteiger partial charge in [-0.3, -0.25) is 0 Å². The molecule has 2 aliphatic rings. The van der Waals surface area contributed by atoms with E-state index < -0.39 is 0 Å². The molecule has 1 unspecified atom stereocenters. The van der Waals surface area contributed by atoms with E-state index in [2.05, 4.69) is 43.2 Å². The number of benzene rings is 1. The molecule has 1 atom stereocenters. The molecule has 1 aromatic rings. The van der Waals surface area contributed by atoms with Crippen molar-refractivity contribution in [1.29, 1.82) is 0 Å². The lowest BCUT2D eigenvalue weighted by molar-refractivity contribution is 0.0908. The van der Waals surface area contributed by atoms with Gasteiger partial charge in [0.25, 0.3) is 0 Å². The Morgan fingerprint density at radius 1 is 1.14 bits per heavy atom. The molecule has 1 fully saturated rings. The van der Waals surface area contributed by atoms with Crippen molar-refractivity contribution in [2.24, 2.45) is 17.1 Å². The summed E-state index contributed by atoms with van der Waals surface area (Å²) in [5.74, 6) is 1.01. The van der Waals surface area contributed by atoms with E-state index in [1.807, 2.05) is 6.07 Å². The van der Waals surface area contributed by atoms with Crippen LogP contribution in [0.1, 0.15) is 31.2 Å². The molecule has 0 amide bonds. The largest absolute Gasteiger partial charge is 0.393 e. The van der Waals surface area contributed by atoms with Crippen LogP contribution in [0.3, 0.4) is 0 Å². The Labute approximate surface area is 141 Å². The number of halogens is 2. The summed E-state index contributed by atoms with van der Waals surface area (Å²) < 4.78 is 1.92. The van der Waals surface area contributed by atoms with E-state index >= 15 is 0 Å². The smallest absolute Gasteiger partial charge is 0.0801 e. The molecule has 1 N–H and O–H groups in total. The van der Waals surface area contributed by atoms with Crippen LogP contribution in [0.4, 0.5) is 5.69 Å². The van der Waals surface area contributed by atoms with Gasteiger partial charge in [-0.05, 0) is 77.6 Å². The van der Waals surface area contributed by atoms with Gasteiger partial charge in [0, 0.05) is 15.5 Å². The summed E-state index contributed by atoms with van der Waals surface area (Å²) in [7, 11) is 0. The Morgan fingerprint density at radius 3 is 2.52 bits per heavy atom. The molecule has 1 aromatic carbocycles. The van der Waals surface area contributed by atoms with Crippen LogP contribution in [0, 0.1) is 16.7 Å². The van der Waals surface area contributed by atoms with Gasteiger partial charge >= 0.3 is 0 Å². The highest BCUT2D eigenvalue weighted by Crippen LogP contribution is 2.42. The number of hydrogen-bond donors (Lipinski definition) is 1. The molecule has 21 heavy (non-hydrogen) atoms. The summed E-state index contributed by atoms with van der Waals surface area (Å²) in [6.45, 7) is 0.678. The Morgan fingerprint density at radius 2 is 1.86 bits per heavy atom. The van der Waals surface area contributed by atoms with Gasteiger partial charge in [0.1, 0.15) is 0 Å². The van der Waals surface area contributed by atoms with Crippen LogP contribution in [0.2, 0.25) is 0 Å². The van der Waals surface area contributed by atoms with Crippen molar-refractivity contribution in [2.45, 2.75) is 38.2 Å². The third-order valence-corrected chi connectivity index (χ3v) is 5.82. The zero-order valence-corrected chi connectivity index (χ0v) is 14.8. The predicted octanol–water partition coefficient (Wildman–Crippen LogP) is 4.42. The fourth-order valence-corrected chi connectivity index (χ4v) is 5.21. The van der Waals surface area contributed by atoms with Crippen LogP contribution >= 0.6 is 31.9 Å². The number of hydrogen-bond acceptors (Lipinski definition) is 3. The molecular formula is C15H18Br2N2O2. The fraction of sp³-hybridized carbons (Fsp3) is 0.600. The van der Waals surface area contributed by atoms with E-state index in [1.165, 1.54) is 5.56 Å². The van der Waals surface area contributed by atoms with Gasteiger partial charge in [-0.2, -0.15) is 0 Å². The molecular weight excluding hydrogens is 400 g/mol. The number of aliphatic hydroxyl groups excluding tert-OH is 1. The monoisotopic (exact) mass is 416 g/mol. The number of fused-ring (bicyclic) bond motifs is 1. The number of nitroso groups, excluding NO2 is 1. The van der Waals surface area contributed by atoms with Crippen molar-refractivity contribution < 1.29 is 5.11 Å². The molecule has 4 nitrogen and oxygen atoms in total. The maximum absolute atomic E-state index is 11.2. The molecule has 0 saturated heterocycles. The Balaban J connectivity index is 1.86. The van der Waals surface area contributed by atoms with E-state index in [0.717, 1.165) is 46.7 Å². The second-order valence-electron chi connectivity index (χ2n) is 6.09. The molecule has 1 aliphatic carbocycles. The fourth-order valence-electron chi connectivity index (χ4n) is 3.69. The maximum Gasteiger partial charge on any atom is 0.0801 e. The van der Waals surface area contributed by atoms with Crippen LogP contribution in [0.25, 0.3) is 0 Å². The van der Waals surface area contributed by atoms with Gasteiger partial charge in [0.2, 0.25) is 0 Å². The first kappa shape index (κ1) is 15.4. The van der Waals surface area contributed by atoms with Crippen LogP contribution in [-0.4, -0.2) is 17.8 Å². The molecule has 6 heteroatoms. The van der Waals surface area contributed by atoms with E-state index in [-0.39, 0.29) is 6.10 Å². The zero-order chi connectivity index (χ0) is 15.0. The van der Waals surface area contributed by atoms with E-state index in [0.29, 0.717) is 18.4 Å². The van der Waals surface area contributed by atoms with Crippen molar-refractivity contribution in [3.63, 3.8) is 0 Å². The Kier molecular flexibility index (Phi) is 4.66. The first-order chi connectivity index (χ1) is 10.1. The highest BCUT2D eigenvalue weighted by molar-refractivity contribution is 9.11. The minimum atomic E-state index is -0.138. The second kappa shape index (κ2) is 6.34. The summed E-state index contributed by atoms with van der Waals surface area (Å²) in [6, 6.07) is 4.04. The van der Waals surface area contributed by atoms with E-state index in [4.69, 9.17) is 0 Å². The van der Waals surface area contributed by atoms with Crippen LogP contribution in [0.15, 0.2) is 26.4 Å². The van der Waals surface area contributed by atoms with E-state index in [1.54, 1.807) is 5.01 Å². The van der Waals surface area contributed by atoms with Crippen LogP contribution in [0.5, 0.6) is 0 Å². The first-order valence-corrected chi connectivity index (χ1v) is 8.94. The van der Waals surface area contributed by atoms with Crippen molar-refractivity contribution in [3.05, 3.63) is 31.5 Å². The second-order valence-corrected chi connectivity index (χ2v) is 7.86. The third-order valence-electron chi connectivity index (χ3n) is 4.76. The molecule has 1 heterocycles. The van der Waals surface area contributed by atoms with Crippen LogP contribution < -0.4 is 5.01 Å². The van der Waals surface area contributed by atoms with Gasteiger partial charge in [-0.1, -0.05) is 15.9 Å². The lowest BCUT2D eigenvalue weighted by Crippen LogP contribution is -2.37. The summed E-state index contributed by atoms with van der Waals surface area (Å²) in [5, 5.41) is 14.5. The molecule has 114 valence electrons. The Bertz CT molecular complexity index is 545. The summed E-state index contributed by atoms with van der Waals surface area (Å²) >= 11 is 7.05. The molecule has 3 rings (SSSR count). The van der Waals surface area contributed by atoms with Gasteiger partial charge in [0.15, 0.2) is 0 Å². The lowest BCUT2D eigenvalue weighted by atomic mass is 9.75. The minimum Gasteiger partial charge on any atom is -0.393 e. The highest BCUT2D eigenvalue weighted by Gasteiger charge is 2.34. The average Bonchev–Trinajstić information content (AvgIpc) is 2.46. The molecule has 1 aliphatic heterocycles. The van der Waals surface area contributed by atoms with Gasteiger partial charge < -0.3 is 5.11 Å². The van der Waals surface area contributed by atoms with Gasteiger partial charge in [0.05, 0.1) is 17.1 Å². The van der Waals surface area contributed by atoms with Crippen molar-refractivity contribution >= 4 is 37.5 Å². The molecule has 0 bridgehead atoms. The SMILES string of the molecule is O=NN1CC(C2CCC(O)CC2)Cc2cc(Br)cc(Br)c21. The van der Waals surface area contributed by atoms with Crippen molar-refractivity contribution in [2.75, 3.05) is 11.6 Å². The number of aliphatic hydroxyl groups is 1. The standard InChI is InChI=1S/C15H18Br2N2O2/c16-12-6-10-5-11(9-1-3-13(20)4-2-9)8-19(18-21)15(10)14(17)7-12/h6-7,9,11,13,20H,1-5,8H2. The summed E-state index contributed by atoms with van der Waals surface area (Å²) in [6.07, 6.45) is 4.68. The van der Waals surface area contributed by atoms with Crippen molar-refractivity contribution in [1.82, 2.24) is 0 Å². The minimum absolute atomic E-state index is 0.138. The van der Waals surface area contributed by atoms with E-state index in [9.17, 15) is 10.0 Å². The van der Waals surface area contributed by atoms with Crippen LogP contribution in [-0.2, 0) is 6.42 Å². The topological polar surface area (TPSA) is 52.9 Å². The van der Waals surface area contributed by atoms with Crippen molar-refractivity contribution in [3.8, 4) is 0 Å². The third kappa shape index (κ3) is 3.17. The molecule has 0 radical (unpaired) electrons. The first-order valence-electron chi connectivity index (χ1n) is 7.35. The normalized spacial score (nSPS) is 29.1. The molecule has 0 spiro atoms. The predicted molar refractivity (Wildman–Crippen MR) is 90.1 cm³/mol. The Hall–Kier alpha value is -0.460. The number of rotatable bonds is 2. The summed E-state index contributed by atoms with van der Waals surface area (Å²) in [5.41, 5.74) is 2.07. The molecule has 0 aromatic heterocycles. The maximum atomic E-state index is 11.2.